The molecule has 0 bridgehead atoms. The maximum absolute atomic E-state index is 17.1. The highest BCUT2D eigenvalue weighted by Crippen LogP contribution is 2.71. The number of Topliss-reactive ketones (excluding diaryl/α,β-unsaturated/α-hetero) is 1. The lowest BCUT2D eigenvalue weighted by molar-refractivity contribution is -0.228. The van der Waals surface area contributed by atoms with Crippen molar-refractivity contribution in [2.75, 3.05) is 13.2 Å². The number of rotatable bonds is 4. The van der Waals surface area contributed by atoms with E-state index in [1.807, 2.05) is 0 Å². The molecule has 4 aliphatic rings. The number of hydrogen-bond donors (Lipinski definition) is 3. The third-order valence-corrected chi connectivity index (χ3v) is 9.18. The van der Waals surface area contributed by atoms with Gasteiger partial charge >= 0.3 is 5.97 Å². The summed E-state index contributed by atoms with van der Waals surface area (Å²) in [4.78, 5) is 37.4. The Bertz CT molecular complexity index is 931. The van der Waals surface area contributed by atoms with Crippen LogP contribution in [0.25, 0.3) is 0 Å². The molecule has 0 radical (unpaired) electrons. The van der Waals surface area contributed by atoms with E-state index in [0.29, 0.717) is 24.8 Å². The third kappa shape index (κ3) is 2.60. The minimum Gasteiger partial charge on any atom is -0.449 e. The fourth-order valence-corrected chi connectivity index (χ4v) is 7.74. The van der Waals surface area contributed by atoms with E-state index in [1.54, 1.807) is 26.8 Å². The van der Waals surface area contributed by atoms with Gasteiger partial charge in [-0.1, -0.05) is 25.5 Å². The van der Waals surface area contributed by atoms with Crippen LogP contribution in [0.15, 0.2) is 23.8 Å². The van der Waals surface area contributed by atoms with Crippen LogP contribution in [0.1, 0.15) is 46.5 Å². The molecule has 0 aromatic heterocycles. The Morgan fingerprint density at radius 1 is 1.31 bits per heavy atom. The van der Waals surface area contributed by atoms with E-state index in [4.69, 9.17) is 10.5 Å². The number of esters is 1. The van der Waals surface area contributed by atoms with Gasteiger partial charge in [-0.05, 0) is 50.7 Å². The summed E-state index contributed by atoms with van der Waals surface area (Å²) in [6, 6.07) is 0. The second kappa shape index (κ2) is 7.30. The number of halogens is 1. The predicted molar refractivity (Wildman–Crippen MR) is 113 cm³/mol. The van der Waals surface area contributed by atoms with Crippen LogP contribution in [0.2, 0.25) is 0 Å². The molecule has 0 aromatic carbocycles. The predicted octanol–water partition coefficient (Wildman–Crippen LogP) is 1.41. The average molecular weight is 450 g/mol. The molecule has 0 aromatic rings. The summed E-state index contributed by atoms with van der Waals surface area (Å²) >= 11 is 0. The van der Waals surface area contributed by atoms with E-state index in [-0.39, 0.29) is 18.1 Å². The maximum Gasteiger partial charge on any atom is 0.320 e. The van der Waals surface area contributed by atoms with Gasteiger partial charge in [0.25, 0.3) is 0 Å². The number of aliphatic hydroxyl groups excluding tert-OH is 2. The molecule has 176 valence electrons. The Labute approximate surface area is 186 Å². The van der Waals surface area contributed by atoms with E-state index < -0.39 is 64.9 Å². The largest absolute Gasteiger partial charge is 0.449 e. The smallest absolute Gasteiger partial charge is 0.320 e. The zero-order valence-electron chi connectivity index (χ0n) is 18.8. The normalized spacial score (nSPS) is 47.2. The molecule has 4 N–H and O–H groups in total. The number of aliphatic hydroxyl groups is 2. The number of carbonyl (C=O) groups excluding carboxylic acids is 3. The number of hydrogen-bond acceptors (Lipinski definition) is 7. The van der Waals surface area contributed by atoms with Gasteiger partial charge < -0.3 is 20.7 Å². The van der Waals surface area contributed by atoms with Crippen molar-refractivity contribution in [3.63, 3.8) is 0 Å². The van der Waals surface area contributed by atoms with Gasteiger partial charge in [0, 0.05) is 22.7 Å². The van der Waals surface area contributed by atoms with Crippen molar-refractivity contribution in [2.24, 2.45) is 34.3 Å². The summed E-state index contributed by atoms with van der Waals surface area (Å²) in [5, 5.41) is 21.1. The topological polar surface area (TPSA) is 127 Å². The Balaban J connectivity index is 1.85. The minimum absolute atomic E-state index is 0.122. The van der Waals surface area contributed by atoms with Gasteiger partial charge in [-0.3, -0.25) is 14.4 Å². The Morgan fingerprint density at radius 2 is 2.00 bits per heavy atom. The second-order valence-corrected chi connectivity index (χ2v) is 10.4. The summed E-state index contributed by atoms with van der Waals surface area (Å²) in [5.74, 6) is -3.11. The van der Waals surface area contributed by atoms with Crippen molar-refractivity contribution in [1.82, 2.24) is 0 Å². The average Bonchev–Trinajstić information content (AvgIpc) is 2.96. The van der Waals surface area contributed by atoms with Crippen LogP contribution in [0.3, 0.4) is 0 Å². The molecule has 4 rings (SSSR count). The van der Waals surface area contributed by atoms with E-state index in [0.717, 1.165) is 0 Å². The molecule has 3 saturated carbocycles. The molecular weight excluding hydrogens is 417 g/mol. The Kier molecular flexibility index (Phi) is 5.31. The van der Waals surface area contributed by atoms with Crippen LogP contribution in [0, 0.1) is 28.6 Å². The van der Waals surface area contributed by atoms with Crippen LogP contribution < -0.4 is 5.73 Å². The van der Waals surface area contributed by atoms with Gasteiger partial charge in [0.2, 0.25) is 5.78 Å². The highest BCUT2D eigenvalue weighted by Gasteiger charge is 2.77. The molecule has 0 aliphatic heterocycles. The maximum atomic E-state index is 17.1. The number of carbonyl (C=O) groups is 3. The summed E-state index contributed by atoms with van der Waals surface area (Å²) in [5.41, 5.74) is 0.169. The quantitative estimate of drug-likeness (QED) is 0.554. The molecule has 8 heteroatoms. The number of ketones is 2. The molecule has 4 aliphatic carbocycles. The summed E-state index contributed by atoms with van der Waals surface area (Å²) in [6.45, 7) is 3.98. The number of alkyl halides is 1. The molecule has 3 fully saturated rings. The SMILES string of the molecule is C[C@@H]1C[C@H]2[C@@H]3CCC4=CC(=O)C=C[C@]4(C)[C@@]3(F)[C@@H](O)C[C@]2(C)[C@@]1(OC(=O)CN)C(=O)CO. The lowest BCUT2D eigenvalue weighted by Crippen LogP contribution is -2.70. The zero-order valence-corrected chi connectivity index (χ0v) is 18.8. The molecule has 0 heterocycles. The number of allylic oxidation sites excluding steroid dienone is 4. The molecule has 0 unspecified atom stereocenters. The molecule has 32 heavy (non-hydrogen) atoms. The lowest BCUT2D eigenvalue weighted by Gasteiger charge is -2.62. The fraction of sp³-hybridized carbons (Fsp3) is 0.708. The second-order valence-electron chi connectivity index (χ2n) is 10.4. The molecule has 8 atom stereocenters. The first-order chi connectivity index (χ1) is 14.9. The first-order valence-corrected chi connectivity index (χ1v) is 11.3. The van der Waals surface area contributed by atoms with Gasteiger partial charge in [-0.25, -0.2) is 4.39 Å². The third-order valence-electron chi connectivity index (χ3n) is 9.18. The van der Waals surface area contributed by atoms with Crippen LogP contribution in [0.4, 0.5) is 4.39 Å². The Hall–Kier alpha value is -1.90. The Morgan fingerprint density at radius 3 is 2.62 bits per heavy atom. The van der Waals surface area contributed by atoms with Gasteiger partial charge in [-0.15, -0.1) is 0 Å². The monoisotopic (exact) mass is 449 g/mol. The van der Waals surface area contributed by atoms with Crippen molar-refractivity contribution >= 4 is 17.5 Å². The van der Waals surface area contributed by atoms with E-state index in [2.05, 4.69) is 0 Å². The molecule has 0 saturated heterocycles. The van der Waals surface area contributed by atoms with Crippen molar-refractivity contribution in [1.29, 1.82) is 0 Å². The lowest BCUT2D eigenvalue weighted by atomic mass is 9.44. The van der Waals surface area contributed by atoms with Crippen LogP contribution >= 0.6 is 0 Å². The van der Waals surface area contributed by atoms with Crippen molar-refractivity contribution < 1.29 is 33.7 Å². The van der Waals surface area contributed by atoms with Crippen LogP contribution in [-0.4, -0.2) is 58.3 Å². The fourth-order valence-electron chi connectivity index (χ4n) is 7.74. The summed E-state index contributed by atoms with van der Waals surface area (Å²) in [7, 11) is 0. The van der Waals surface area contributed by atoms with Crippen LogP contribution in [0.5, 0.6) is 0 Å². The molecule has 0 spiro atoms. The number of fused-ring (bicyclic) bond motifs is 5. The molecule has 0 amide bonds. The first kappa shape index (κ1) is 23.3. The highest BCUT2D eigenvalue weighted by atomic mass is 19.1. The standard InChI is InChI=1S/C24H32FNO6/c1-13-8-17-16-5-4-14-9-15(28)6-7-21(14,2)23(16,25)18(29)10-22(17,3)24(13,19(30)12-27)32-20(31)11-26/h6-7,9,13,16-18,27,29H,4-5,8,10-12,26H2,1-3H3/t13-,16+,17+,18+,21+,22+,23+,24+/m1/s1. The summed E-state index contributed by atoms with van der Waals surface area (Å²) in [6.07, 6.45) is 4.11. The van der Waals surface area contributed by atoms with Gasteiger partial charge in [-0.2, -0.15) is 0 Å². The van der Waals surface area contributed by atoms with Crippen molar-refractivity contribution in [2.45, 2.75) is 63.8 Å². The first-order valence-electron chi connectivity index (χ1n) is 11.3. The van der Waals surface area contributed by atoms with Gasteiger partial charge in [0.1, 0.15) is 6.61 Å². The van der Waals surface area contributed by atoms with Crippen molar-refractivity contribution in [3.05, 3.63) is 23.8 Å². The number of nitrogens with two attached hydrogens (primary N) is 1. The molecular formula is C24H32FNO6. The summed E-state index contributed by atoms with van der Waals surface area (Å²) < 4.78 is 22.9. The zero-order chi connectivity index (χ0) is 23.7. The van der Waals surface area contributed by atoms with E-state index in [9.17, 15) is 24.6 Å². The highest BCUT2D eigenvalue weighted by molar-refractivity contribution is 6.01. The van der Waals surface area contributed by atoms with Gasteiger partial charge in [0.15, 0.2) is 17.1 Å². The van der Waals surface area contributed by atoms with Gasteiger partial charge in [0.05, 0.1) is 12.6 Å². The van der Waals surface area contributed by atoms with E-state index >= 15 is 4.39 Å². The van der Waals surface area contributed by atoms with E-state index in [1.165, 1.54) is 12.2 Å². The molecule has 7 nitrogen and oxygen atoms in total. The minimum atomic E-state index is -2.05. The van der Waals surface area contributed by atoms with Crippen LogP contribution in [-0.2, 0) is 19.1 Å². The number of ether oxygens (including phenoxy) is 1. The van der Waals surface area contributed by atoms with Crippen molar-refractivity contribution in [3.8, 4) is 0 Å².